The molecule has 0 saturated carbocycles. The molecule has 112 valence electrons. The molecule has 1 aromatic heterocycles. The Morgan fingerprint density at radius 3 is 3.05 bits per heavy atom. The van der Waals surface area contributed by atoms with Crippen molar-refractivity contribution in [3.8, 4) is 5.69 Å². The quantitative estimate of drug-likeness (QED) is 0.861. The molecule has 4 nitrogen and oxygen atoms in total. The first kappa shape index (κ1) is 14.4. The van der Waals surface area contributed by atoms with Crippen molar-refractivity contribution in [1.29, 1.82) is 0 Å². The Morgan fingerprint density at radius 1 is 1.43 bits per heavy atom. The van der Waals surface area contributed by atoms with E-state index >= 15 is 0 Å². The number of hydrogen-bond acceptors (Lipinski definition) is 3. The molecule has 0 bridgehead atoms. The lowest BCUT2D eigenvalue weighted by Crippen LogP contribution is -2.07. The smallest absolute Gasteiger partial charge is 0.133 e. The maximum absolute atomic E-state index is 6.05. The first-order valence-electron chi connectivity index (χ1n) is 7.39. The molecule has 1 aliphatic heterocycles. The molecular weight excluding hydrogens is 286 g/mol. The highest BCUT2D eigenvalue weighted by Gasteiger charge is 2.23. The van der Waals surface area contributed by atoms with Gasteiger partial charge in [-0.25, -0.2) is 4.68 Å². The van der Waals surface area contributed by atoms with Crippen LogP contribution in [0.3, 0.4) is 0 Å². The number of hydrogen-bond donors (Lipinski definition) is 1. The van der Waals surface area contributed by atoms with E-state index in [9.17, 15) is 0 Å². The molecule has 1 aromatic carbocycles. The molecule has 0 aliphatic carbocycles. The predicted molar refractivity (Wildman–Crippen MR) is 85.7 cm³/mol. The van der Waals surface area contributed by atoms with Gasteiger partial charge in [0.15, 0.2) is 0 Å². The van der Waals surface area contributed by atoms with E-state index in [0.29, 0.717) is 0 Å². The van der Waals surface area contributed by atoms with Crippen LogP contribution in [0.2, 0.25) is 5.02 Å². The summed E-state index contributed by atoms with van der Waals surface area (Å²) in [7, 11) is 0. The van der Waals surface area contributed by atoms with Crippen molar-refractivity contribution in [2.75, 3.05) is 25.1 Å². The molecule has 0 spiro atoms. The molecule has 2 aromatic rings. The summed E-state index contributed by atoms with van der Waals surface area (Å²) >= 11 is 6.05. The largest absolute Gasteiger partial charge is 0.381 e. The zero-order valence-corrected chi connectivity index (χ0v) is 13.2. The number of rotatable bonds is 5. The van der Waals surface area contributed by atoms with Crippen LogP contribution >= 0.6 is 11.6 Å². The lowest BCUT2D eigenvalue weighted by molar-refractivity contribution is 0.150. The number of aromatic nitrogens is 2. The van der Waals surface area contributed by atoms with Crippen molar-refractivity contribution in [1.82, 2.24) is 9.78 Å². The van der Waals surface area contributed by atoms with Crippen molar-refractivity contribution in [2.24, 2.45) is 0 Å². The van der Waals surface area contributed by atoms with Crippen LogP contribution in [0.4, 0.5) is 5.82 Å². The van der Waals surface area contributed by atoms with Gasteiger partial charge in [-0.3, -0.25) is 0 Å². The number of benzene rings is 1. The van der Waals surface area contributed by atoms with Crippen LogP contribution in [0.1, 0.15) is 23.7 Å². The van der Waals surface area contributed by atoms with Crippen LogP contribution in [0.25, 0.3) is 5.69 Å². The van der Waals surface area contributed by atoms with Gasteiger partial charge in [-0.2, -0.15) is 5.10 Å². The fourth-order valence-electron chi connectivity index (χ4n) is 2.79. The molecule has 21 heavy (non-hydrogen) atoms. The summed E-state index contributed by atoms with van der Waals surface area (Å²) in [6.07, 6.45) is 1.89. The molecule has 0 fully saturated rings. The van der Waals surface area contributed by atoms with E-state index in [4.69, 9.17) is 21.4 Å². The van der Waals surface area contributed by atoms with Gasteiger partial charge in [-0.15, -0.1) is 0 Å². The third kappa shape index (κ3) is 2.78. The zero-order valence-electron chi connectivity index (χ0n) is 12.4. The maximum atomic E-state index is 6.05. The Bertz CT molecular complexity index is 651. The SMILES string of the molecule is CCOCCc1nn(-c2ccc(Cl)cc2C)c2c1CCN2. The monoisotopic (exact) mass is 305 g/mol. The standard InChI is InChI=1S/C16H20ClN3O/c1-3-21-9-7-14-13-6-8-18-16(13)20(19-14)15-5-4-12(17)10-11(15)2/h4-5,10,18H,3,6-9H2,1-2H3. The number of anilines is 1. The van der Waals surface area contributed by atoms with Gasteiger partial charge in [0, 0.05) is 30.2 Å². The van der Waals surface area contributed by atoms with E-state index in [2.05, 4.69) is 12.2 Å². The molecule has 0 saturated heterocycles. The summed E-state index contributed by atoms with van der Waals surface area (Å²) in [6, 6.07) is 5.91. The molecular formula is C16H20ClN3O. The second-order valence-corrected chi connectivity index (χ2v) is 5.68. The van der Waals surface area contributed by atoms with Gasteiger partial charge in [0.1, 0.15) is 5.82 Å². The normalized spacial score (nSPS) is 13.3. The van der Waals surface area contributed by atoms with Crippen LogP contribution in [0.5, 0.6) is 0 Å². The number of ether oxygens (including phenoxy) is 1. The molecule has 1 aliphatic rings. The molecule has 0 radical (unpaired) electrons. The summed E-state index contributed by atoms with van der Waals surface area (Å²) in [5, 5.41) is 9.00. The first-order chi connectivity index (χ1) is 10.2. The topological polar surface area (TPSA) is 39.1 Å². The Labute approximate surface area is 130 Å². The Kier molecular flexibility index (Phi) is 4.17. The Morgan fingerprint density at radius 2 is 2.29 bits per heavy atom. The molecule has 3 rings (SSSR count). The van der Waals surface area contributed by atoms with Crippen molar-refractivity contribution in [3.05, 3.63) is 40.0 Å². The van der Waals surface area contributed by atoms with Crippen molar-refractivity contribution < 1.29 is 4.74 Å². The summed E-state index contributed by atoms with van der Waals surface area (Å²) in [5.41, 5.74) is 4.66. The minimum atomic E-state index is 0.722. The first-order valence-corrected chi connectivity index (χ1v) is 7.77. The zero-order chi connectivity index (χ0) is 14.8. The molecule has 5 heteroatoms. The Hall–Kier alpha value is -1.52. The minimum Gasteiger partial charge on any atom is -0.381 e. The van der Waals surface area contributed by atoms with Gasteiger partial charge in [0.25, 0.3) is 0 Å². The van der Waals surface area contributed by atoms with E-state index < -0.39 is 0 Å². The third-order valence-electron chi connectivity index (χ3n) is 3.81. The average Bonchev–Trinajstić information content (AvgIpc) is 3.03. The fourth-order valence-corrected chi connectivity index (χ4v) is 3.02. The van der Waals surface area contributed by atoms with Crippen LogP contribution < -0.4 is 5.32 Å². The maximum Gasteiger partial charge on any atom is 0.133 e. The number of fused-ring (bicyclic) bond motifs is 1. The van der Waals surface area contributed by atoms with Crippen molar-refractivity contribution in [3.63, 3.8) is 0 Å². The summed E-state index contributed by atoms with van der Waals surface area (Å²) < 4.78 is 7.47. The van der Waals surface area contributed by atoms with E-state index in [1.54, 1.807) is 0 Å². The molecule has 0 amide bonds. The highest BCUT2D eigenvalue weighted by molar-refractivity contribution is 6.30. The van der Waals surface area contributed by atoms with Gasteiger partial charge < -0.3 is 10.1 Å². The summed E-state index contributed by atoms with van der Waals surface area (Å²) in [4.78, 5) is 0. The lowest BCUT2D eigenvalue weighted by atomic mass is 10.1. The molecule has 2 heterocycles. The van der Waals surface area contributed by atoms with Gasteiger partial charge in [-0.05, 0) is 44.0 Å². The van der Waals surface area contributed by atoms with Crippen molar-refractivity contribution >= 4 is 17.4 Å². The third-order valence-corrected chi connectivity index (χ3v) is 4.04. The van der Waals surface area contributed by atoms with E-state index in [1.807, 2.05) is 29.8 Å². The number of aryl methyl sites for hydroxylation is 1. The number of nitrogens with zero attached hydrogens (tertiary/aromatic N) is 2. The predicted octanol–water partition coefficient (Wildman–Crippen LogP) is 3.38. The fraction of sp³-hybridized carbons (Fsp3) is 0.438. The minimum absolute atomic E-state index is 0.722. The van der Waals surface area contributed by atoms with Gasteiger partial charge >= 0.3 is 0 Å². The highest BCUT2D eigenvalue weighted by atomic mass is 35.5. The van der Waals surface area contributed by atoms with Crippen LogP contribution in [0.15, 0.2) is 18.2 Å². The van der Waals surface area contributed by atoms with Crippen LogP contribution in [-0.2, 0) is 17.6 Å². The highest BCUT2D eigenvalue weighted by Crippen LogP contribution is 2.30. The van der Waals surface area contributed by atoms with E-state index in [-0.39, 0.29) is 0 Å². The van der Waals surface area contributed by atoms with E-state index in [0.717, 1.165) is 60.4 Å². The summed E-state index contributed by atoms with van der Waals surface area (Å²) in [5.74, 6) is 1.12. The second-order valence-electron chi connectivity index (χ2n) is 5.24. The molecule has 0 unspecified atom stereocenters. The second kappa shape index (κ2) is 6.08. The molecule has 1 N–H and O–H groups in total. The number of halogens is 1. The molecule has 0 atom stereocenters. The average molecular weight is 306 g/mol. The van der Waals surface area contributed by atoms with Gasteiger partial charge in [0.05, 0.1) is 18.0 Å². The van der Waals surface area contributed by atoms with Crippen LogP contribution in [0, 0.1) is 6.92 Å². The van der Waals surface area contributed by atoms with Gasteiger partial charge in [-0.1, -0.05) is 11.6 Å². The van der Waals surface area contributed by atoms with Crippen LogP contribution in [-0.4, -0.2) is 29.5 Å². The summed E-state index contributed by atoms with van der Waals surface area (Å²) in [6.45, 7) is 6.52. The Balaban J connectivity index is 1.97. The van der Waals surface area contributed by atoms with E-state index in [1.165, 1.54) is 5.56 Å². The number of nitrogens with one attached hydrogen (secondary N) is 1. The van der Waals surface area contributed by atoms with Gasteiger partial charge in [0.2, 0.25) is 0 Å². The van der Waals surface area contributed by atoms with Crippen molar-refractivity contribution in [2.45, 2.75) is 26.7 Å². The lowest BCUT2D eigenvalue weighted by Gasteiger charge is -2.09.